The molecule has 9 nitrogen and oxygen atoms in total. The molecule has 1 amide bonds. The number of nitriles is 1. The Balaban J connectivity index is 1.68. The second kappa shape index (κ2) is 9.05. The monoisotopic (exact) mass is 408 g/mol. The molecule has 30 heavy (non-hydrogen) atoms. The highest BCUT2D eigenvalue weighted by Crippen LogP contribution is 2.32. The fourth-order valence-electron chi connectivity index (χ4n) is 3.18. The SMILES string of the molecule is C[C@@H](OC(=O)c1ccc(N2CCCC2)c([N+](=O)[O-])c1)C(=O)Nc1ccc(C#N)cc1. The van der Waals surface area contributed by atoms with Crippen LogP contribution in [0.4, 0.5) is 17.1 Å². The first-order valence-electron chi connectivity index (χ1n) is 9.44. The molecular weight excluding hydrogens is 388 g/mol. The van der Waals surface area contributed by atoms with Crippen LogP contribution in [0.25, 0.3) is 0 Å². The molecule has 0 saturated carbocycles. The minimum atomic E-state index is -1.12. The van der Waals surface area contributed by atoms with E-state index in [4.69, 9.17) is 10.00 Å². The van der Waals surface area contributed by atoms with Gasteiger partial charge in [0.1, 0.15) is 5.69 Å². The molecule has 0 unspecified atom stereocenters. The number of rotatable bonds is 6. The van der Waals surface area contributed by atoms with Crippen molar-refractivity contribution in [2.75, 3.05) is 23.3 Å². The zero-order chi connectivity index (χ0) is 21.7. The maximum Gasteiger partial charge on any atom is 0.339 e. The van der Waals surface area contributed by atoms with Crippen LogP contribution in [0.5, 0.6) is 0 Å². The van der Waals surface area contributed by atoms with Crippen molar-refractivity contribution in [1.29, 1.82) is 5.26 Å². The van der Waals surface area contributed by atoms with Crippen LogP contribution in [0.15, 0.2) is 42.5 Å². The van der Waals surface area contributed by atoms with Gasteiger partial charge in [-0.2, -0.15) is 5.26 Å². The number of carbonyl (C=O) groups excluding carboxylic acids is 2. The van der Waals surface area contributed by atoms with Crippen LogP contribution in [-0.4, -0.2) is 36.0 Å². The van der Waals surface area contributed by atoms with E-state index in [-0.39, 0.29) is 11.3 Å². The Labute approximate surface area is 173 Å². The average Bonchev–Trinajstić information content (AvgIpc) is 3.28. The number of hydrogen-bond donors (Lipinski definition) is 1. The van der Waals surface area contributed by atoms with Crippen molar-refractivity contribution < 1.29 is 19.2 Å². The summed E-state index contributed by atoms with van der Waals surface area (Å²) in [4.78, 5) is 37.6. The van der Waals surface area contributed by atoms with Gasteiger partial charge in [-0.15, -0.1) is 0 Å². The summed E-state index contributed by atoms with van der Waals surface area (Å²) in [7, 11) is 0. The second-order valence-corrected chi connectivity index (χ2v) is 6.88. The number of benzene rings is 2. The molecule has 0 radical (unpaired) electrons. The molecule has 1 N–H and O–H groups in total. The molecule has 0 bridgehead atoms. The zero-order valence-corrected chi connectivity index (χ0v) is 16.3. The Hall–Kier alpha value is -3.93. The van der Waals surface area contributed by atoms with Crippen molar-refractivity contribution in [2.24, 2.45) is 0 Å². The van der Waals surface area contributed by atoms with E-state index in [0.29, 0.717) is 16.9 Å². The van der Waals surface area contributed by atoms with Gasteiger partial charge in [-0.3, -0.25) is 14.9 Å². The highest BCUT2D eigenvalue weighted by atomic mass is 16.6. The summed E-state index contributed by atoms with van der Waals surface area (Å²) < 4.78 is 5.18. The molecule has 154 valence electrons. The Morgan fingerprint density at radius 1 is 1.20 bits per heavy atom. The highest BCUT2D eigenvalue weighted by Gasteiger charge is 2.25. The maximum atomic E-state index is 12.4. The summed E-state index contributed by atoms with van der Waals surface area (Å²) in [5.74, 6) is -1.38. The quantitative estimate of drug-likeness (QED) is 0.442. The lowest BCUT2D eigenvalue weighted by molar-refractivity contribution is -0.384. The van der Waals surface area contributed by atoms with Gasteiger partial charge in [0.25, 0.3) is 11.6 Å². The largest absolute Gasteiger partial charge is 0.449 e. The highest BCUT2D eigenvalue weighted by molar-refractivity contribution is 5.97. The van der Waals surface area contributed by atoms with Gasteiger partial charge < -0.3 is 15.0 Å². The minimum Gasteiger partial charge on any atom is -0.449 e. The Kier molecular flexibility index (Phi) is 6.27. The molecule has 1 heterocycles. The van der Waals surface area contributed by atoms with Crippen LogP contribution in [-0.2, 0) is 9.53 Å². The Morgan fingerprint density at radius 2 is 1.87 bits per heavy atom. The van der Waals surface area contributed by atoms with Crippen LogP contribution in [0.1, 0.15) is 35.7 Å². The van der Waals surface area contributed by atoms with Crippen LogP contribution in [0, 0.1) is 21.4 Å². The number of hydrogen-bond acceptors (Lipinski definition) is 7. The van der Waals surface area contributed by atoms with Gasteiger partial charge in [0.15, 0.2) is 6.10 Å². The number of nitro groups is 1. The number of esters is 1. The van der Waals surface area contributed by atoms with Gasteiger partial charge in [0.2, 0.25) is 0 Å². The van der Waals surface area contributed by atoms with E-state index in [9.17, 15) is 19.7 Å². The number of nitro benzene ring substituents is 1. The average molecular weight is 408 g/mol. The summed E-state index contributed by atoms with van der Waals surface area (Å²) in [6.07, 6.45) is 0.810. The van der Waals surface area contributed by atoms with Crippen molar-refractivity contribution in [3.05, 3.63) is 63.7 Å². The van der Waals surface area contributed by atoms with E-state index >= 15 is 0 Å². The number of amides is 1. The van der Waals surface area contributed by atoms with Crippen molar-refractivity contribution in [2.45, 2.75) is 25.9 Å². The first kappa shape index (κ1) is 20.8. The number of nitrogens with zero attached hydrogens (tertiary/aromatic N) is 3. The third kappa shape index (κ3) is 4.72. The molecule has 0 aliphatic carbocycles. The van der Waals surface area contributed by atoms with E-state index < -0.39 is 22.9 Å². The molecule has 0 aromatic heterocycles. The van der Waals surface area contributed by atoms with E-state index in [1.807, 2.05) is 11.0 Å². The second-order valence-electron chi connectivity index (χ2n) is 6.88. The van der Waals surface area contributed by atoms with Gasteiger partial charge in [-0.1, -0.05) is 0 Å². The predicted molar refractivity (Wildman–Crippen MR) is 109 cm³/mol. The molecule has 9 heteroatoms. The van der Waals surface area contributed by atoms with Gasteiger partial charge in [0, 0.05) is 24.8 Å². The van der Waals surface area contributed by atoms with E-state index in [0.717, 1.165) is 25.9 Å². The lowest BCUT2D eigenvalue weighted by Gasteiger charge is -2.18. The molecule has 2 aromatic carbocycles. The zero-order valence-electron chi connectivity index (χ0n) is 16.3. The number of ether oxygens (including phenoxy) is 1. The lowest BCUT2D eigenvalue weighted by Crippen LogP contribution is -2.30. The topological polar surface area (TPSA) is 126 Å². The van der Waals surface area contributed by atoms with Gasteiger partial charge in [-0.25, -0.2) is 4.79 Å². The number of anilines is 2. The van der Waals surface area contributed by atoms with E-state index in [1.54, 1.807) is 30.3 Å². The molecule has 0 spiro atoms. The maximum absolute atomic E-state index is 12.4. The van der Waals surface area contributed by atoms with Gasteiger partial charge in [0.05, 0.1) is 22.1 Å². The summed E-state index contributed by atoms with van der Waals surface area (Å²) in [6.45, 7) is 2.87. The first-order valence-corrected chi connectivity index (χ1v) is 9.44. The summed E-state index contributed by atoms with van der Waals surface area (Å²) in [5, 5.41) is 22.9. The predicted octanol–water partition coefficient (Wildman–Crippen LogP) is 3.25. The molecule has 3 rings (SSSR count). The summed E-state index contributed by atoms with van der Waals surface area (Å²) in [5.41, 5.74) is 1.21. The normalized spacial score (nSPS) is 13.9. The molecule has 2 aromatic rings. The van der Waals surface area contributed by atoms with E-state index in [1.165, 1.54) is 19.1 Å². The molecule has 1 fully saturated rings. The standard InChI is InChI=1S/C21H20N4O5/c1-14(20(26)23-17-7-4-15(13-22)5-8-17)30-21(27)16-6-9-18(19(12-16)25(28)29)24-10-2-3-11-24/h4-9,12,14H,2-3,10-11H2,1H3,(H,23,26)/t14-/m1/s1. The molecule has 1 saturated heterocycles. The molecule has 1 atom stereocenters. The van der Waals surface area contributed by atoms with Crippen LogP contribution < -0.4 is 10.2 Å². The van der Waals surface area contributed by atoms with Crippen LogP contribution in [0.3, 0.4) is 0 Å². The molecular formula is C21H20N4O5. The molecule has 1 aliphatic heterocycles. The van der Waals surface area contributed by atoms with Crippen molar-refractivity contribution in [3.8, 4) is 6.07 Å². The van der Waals surface area contributed by atoms with Gasteiger partial charge >= 0.3 is 5.97 Å². The smallest absolute Gasteiger partial charge is 0.339 e. The lowest BCUT2D eigenvalue weighted by atomic mass is 10.1. The van der Waals surface area contributed by atoms with Gasteiger partial charge in [-0.05, 0) is 56.2 Å². The van der Waals surface area contributed by atoms with Crippen LogP contribution >= 0.6 is 0 Å². The minimum absolute atomic E-state index is 0.00247. The Morgan fingerprint density at radius 3 is 2.47 bits per heavy atom. The van der Waals surface area contributed by atoms with Crippen molar-refractivity contribution in [3.63, 3.8) is 0 Å². The summed E-state index contributed by atoms with van der Waals surface area (Å²) in [6, 6.07) is 12.4. The Bertz CT molecular complexity index is 1010. The third-order valence-electron chi connectivity index (χ3n) is 4.79. The fraction of sp³-hybridized carbons (Fsp3) is 0.286. The third-order valence-corrected chi connectivity index (χ3v) is 4.79. The van der Waals surface area contributed by atoms with Crippen LogP contribution in [0.2, 0.25) is 0 Å². The summed E-state index contributed by atoms with van der Waals surface area (Å²) >= 11 is 0. The van der Waals surface area contributed by atoms with E-state index in [2.05, 4.69) is 5.32 Å². The number of nitrogens with one attached hydrogen (secondary N) is 1. The molecule has 1 aliphatic rings. The van der Waals surface area contributed by atoms with Crippen molar-refractivity contribution in [1.82, 2.24) is 0 Å². The fourth-order valence-corrected chi connectivity index (χ4v) is 3.18. The first-order chi connectivity index (χ1) is 14.4. The van der Waals surface area contributed by atoms with Crippen molar-refractivity contribution >= 4 is 28.9 Å². The number of carbonyl (C=O) groups is 2.